The number of benzene rings is 2. The zero-order valence-electron chi connectivity index (χ0n) is 9.56. The summed E-state index contributed by atoms with van der Waals surface area (Å²) in [5.41, 5.74) is 5.58. The van der Waals surface area contributed by atoms with E-state index in [0.717, 1.165) is 18.2 Å². The van der Waals surface area contributed by atoms with Crippen molar-refractivity contribution in [2.24, 2.45) is 0 Å². The van der Waals surface area contributed by atoms with Gasteiger partial charge in [-0.25, -0.2) is 13.6 Å². The molecule has 19 heavy (non-hydrogen) atoms. The number of aromatic carboxylic acids is 1. The molecule has 0 radical (unpaired) electrons. The smallest absolute Gasteiger partial charge is 0.335 e. The maximum absolute atomic E-state index is 13.4. The highest BCUT2D eigenvalue weighted by Crippen LogP contribution is 2.30. The quantitative estimate of drug-likeness (QED) is 0.836. The summed E-state index contributed by atoms with van der Waals surface area (Å²) >= 11 is 0. The first-order valence-corrected chi connectivity index (χ1v) is 5.23. The van der Waals surface area contributed by atoms with Gasteiger partial charge in [0, 0.05) is 6.07 Å². The van der Waals surface area contributed by atoms with Crippen LogP contribution in [0.1, 0.15) is 10.4 Å². The molecule has 0 heterocycles. The number of carboxylic acid groups (broad SMARTS) is 1. The molecule has 98 valence electrons. The van der Waals surface area contributed by atoms with Crippen LogP contribution in [0.25, 0.3) is 0 Å². The van der Waals surface area contributed by atoms with Crippen LogP contribution in [0.4, 0.5) is 14.5 Å². The fourth-order valence-corrected chi connectivity index (χ4v) is 1.45. The van der Waals surface area contributed by atoms with Gasteiger partial charge in [-0.05, 0) is 30.3 Å². The summed E-state index contributed by atoms with van der Waals surface area (Å²) in [5, 5.41) is 8.76. The lowest BCUT2D eigenvalue weighted by molar-refractivity contribution is 0.0697. The second kappa shape index (κ2) is 4.93. The predicted octanol–water partition coefficient (Wildman–Crippen LogP) is 3.04. The van der Waals surface area contributed by atoms with E-state index in [4.69, 9.17) is 15.6 Å². The van der Waals surface area contributed by atoms with Crippen LogP contribution in [0.3, 0.4) is 0 Å². The van der Waals surface area contributed by atoms with E-state index in [0.29, 0.717) is 0 Å². The maximum atomic E-state index is 13.4. The number of hydrogen-bond acceptors (Lipinski definition) is 3. The minimum atomic E-state index is -1.14. The molecule has 0 aliphatic rings. The highest BCUT2D eigenvalue weighted by Gasteiger charge is 2.11. The monoisotopic (exact) mass is 265 g/mol. The van der Waals surface area contributed by atoms with Crippen molar-refractivity contribution < 1.29 is 23.4 Å². The molecule has 0 fully saturated rings. The molecule has 6 heteroatoms. The third kappa shape index (κ3) is 2.79. The summed E-state index contributed by atoms with van der Waals surface area (Å²) in [6, 6.07) is 6.47. The maximum Gasteiger partial charge on any atom is 0.335 e. The minimum absolute atomic E-state index is 0.0172. The standard InChI is InChI=1S/C13H9F2NO3/c14-8-2-3-9(15)12(6-8)19-11-4-1-7(13(17)18)5-10(11)16/h1-6H,16H2,(H,17,18). The number of nitrogens with two attached hydrogens (primary N) is 1. The van der Waals surface area contributed by atoms with Crippen molar-refractivity contribution in [2.75, 3.05) is 5.73 Å². The lowest BCUT2D eigenvalue weighted by atomic mass is 10.2. The first kappa shape index (κ1) is 12.8. The van der Waals surface area contributed by atoms with Crippen LogP contribution in [0.5, 0.6) is 11.5 Å². The molecule has 2 aromatic rings. The molecule has 2 aromatic carbocycles. The van der Waals surface area contributed by atoms with E-state index in [9.17, 15) is 13.6 Å². The molecule has 0 unspecified atom stereocenters. The summed E-state index contributed by atoms with van der Waals surface area (Å²) in [5.74, 6) is -2.82. The molecule has 3 N–H and O–H groups in total. The van der Waals surface area contributed by atoms with Gasteiger partial charge >= 0.3 is 5.97 Å². The Kier molecular flexibility index (Phi) is 3.33. The fraction of sp³-hybridized carbons (Fsp3) is 0. The van der Waals surface area contributed by atoms with Crippen LogP contribution in [0.15, 0.2) is 36.4 Å². The first-order chi connectivity index (χ1) is 8.97. The molecule has 0 amide bonds. The van der Waals surface area contributed by atoms with Gasteiger partial charge in [0.2, 0.25) is 0 Å². The summed E-state index contributed by atoms with van der Waals surface area (Å²) in [4.78, 5) is 10.7. The molecule has 0 aliphatic carbocycles. The second-order valence-corrected chi connectivity index (χ2v) is 3.73. The van der Waals surface area contributed by atoms with E-state index in [1.807, 2.05) is 0 Å². The molecular formula is C13H9F2NO3. The van der Waals surface area contributed by atoms with Crippen LogP contribution in [-0.4, -0.2) is 11.1 Å². The zero-order valence-corrected chi connectivity index (χ0v) is 9.56. The van der Waals surface area contributed by atoms with Gasteiger partial charge in [-0.2, -0.15) is 0 Å². The molecule has 4 nitrogen and oxygen atoms in total. The van der Waals surface area contributed by atoms with Crippen LogP contribution in [0.2, 0.25) is 0 Å². The fourth-order valence-electron chi connectivity index (χ4n) is 1.45. The van der Waals surface area contributed by atoms with Crippen LogP contribution in [0, 0.1) is 11.6 Å². The summed E-state index contributed by atoms with van der Waals surface area (Å²) in [7, 11) is 0. The molecule has 0 spiro atoms. The highest BCUT2D eigenvalue weighted by atomic mass is 19.1. The van der Waals surface area contributed by atoms with E-state index in [-0.39, 0.29) is 22.7 Å². The Hall–Kier alpha value is -2.63. The van der Waals surface area contributed by atoms with Crippen molar-refractivity contribution in [3.8, 4) is 11.5 Å². The summed E-state index contributed by atoms with van der Waals surface area (Å²) in [6.45, 7) is 0. The van der Waals surface area contributed by atoms with Crippen molar-refractivity contribution in [3.63, 3.8) is 0 Å². The number of rotatable bonds is 3. The number of carbonyl (C=O) groups is 1. The largest absolute Gasteiger partial charge is 0.478 e. The summed E-state index contributed by atoms with van der Waals surface area (Å²) < 4.78 is 31.5. The topological polar surface area (TPSA) is 72.6 Å². The van der Waals surface area contributed by atoms with Crippen molar-refractivity contribution in [1.82, 2.24) is 0 Å². The van der Waals surface area contributed by atoms with Crippen LogP contribution >= 0.6 is 0 Å². The average Bonchev–Trinajstić information content (AvgIpc) is 2.36. The Balaban J connectivity index is 2.33. The predicted molar refractivity (Wildman–Crippen MR) is 64.2 cm³/mol. The highest BCUT2D eigenvalue weighted by molar-refractivity contribution is 5.89. The Labute approximate surface area is 107 Å². The Morgan fingerprint density at radius 1 is 1.11 bits per heavy atom. The van der Waals surface area contributed by atoms with Gasteiger partial charge in [0.1, 0.15) is 5.82 Å². The number of halogens is 2. The SMILES string of the molecule is Nc1cc(C(=O)O)ccc1Oc1cc(F)ccc1F. The Morgan fingerprint density at radius 3 is 2.47 bits per heavy atom. The lowest BCUT2D eigenvalue weighted by Gasteiger charge is -2.09. The van der Waals surface area contributed by atoms with E-state index in [2.05, 4.69) is 0 Å². The van der Waals surface area contributed by atoms with Crippen molar-refractivity contribution in [3.05, 3.63) is 53.6 Å². The van der Waals surface area contributed by atoms with Gasteiger partial charge in [-0.15, -0.1) is 0 Å². The molecule has 2 rings (SSSR count). The average molecular weight is 265 g/mol. The molecule has 0 atom stereocenters. The van der Waals surface area contributed by atoms with Gasteiger partial charge in [0.05, 0.1) is 11.3 Å². The van der Waals surface area contributed by atoms with Crippen molar-refractivity contribution in [1.29, 1.82) is 0 Å². The Bertz CT molecular complexity index is 644. The third-order valence-corrected chi connectivity index (χ3v) is 2.37. The van der Waals surface area contributed by atoms with E-state index >= 15 is 0 Å². The normalized spacial score (nSPS) is 10.2. The first-order valence-electron chi connectivity index (χ1n) is 5.23. The van der Waals surface area contributed by atoms with Crippen LogP contribution in [-0.2, 0) is 0 Å². The molecule has 0 aromatic heterocycles. The third-order valence-electron chi connectivity index (χ3n) is 2.37. The molecule has 0 saturated carbocycles. The summed E-state index contributed by atoms with van der Waals surface area (Å²) in [6.07, 6.45) is 0. The van der Waals surface area contributed by atoms with Gasteiger partial charge in [-0.1, -0.05) is 0 Å². The lowest BCUT2D eigenvalue weighted by Crippen LogP contribution is -2.00. The number of carboxylic acids is 1. The number of ether oxygens (including phenoxy) is 1. The molecule has 0 saturated heterocycles. The van der Waals surface area contributed by atoms with E-state index in [1.165, 1.54) is 18.2 Å². The number of nitrogen functional groups attached to an aromatic ring is 1. The molecular weight excluding hydrogens is 256 g/mol. The second-order valence-electron chi connectivity index (χ2n) is 3.73. The number of anilines is 1. The number of hydrogen-bond donors (Lipinski definition) is 2. The van der Waals surface area contributed by atoms with Crippen LogP contribution < -0.4 is 10.5 Å². The van der Waals surface area contributed by atoms with Crippen molar-refractivity contribution in [2.45, 2.75) is 0 Å². The van der Waals surface area contributed by atoms with Gasteiger partial charge in [-0.3, -0.25) is 0 Å². The zero-order chi connectivity index (χ0) is 14.0. The Morgan fingerprint density at radius 2 is 1.84 bits per heavy atom. The minimum Gasteiger partial charge on any atom is -0.478 e. The van der Waals surface area contributed by atoms with Gasteiger partial charge < -0.3 is 15.6 Å². The van der Waals surface area contributed by atoms with Gasteiger partial charge in [0.25, 0.3) is 0 Å². The molecule has 0 bridgehead atoms. The van der Waals surface area contributed by atoms with E-state index in [1.54, 1.807) is 0 Å². The van der Waals surface area contributed by atoms with Crippen molar-refractivity contribution >= 4 is 11.7 Å². The molecule has 0 aliphatic heterocycles. The van der Waals surface area contributed by atoms with Gasteiger partial charge in [0.15, 0.2) is 17.3 Å². The van der Waals surface area contributed by atoms with E-state index < -0.39 is 17.6 Å².